The molecule has 0 aromatic carbocycles. The van der Waals surface area contributed by atoms with Crippen LogP contribution in [0.1, 0.15) is 24.5 Å². The third kappa shape index (κ3) is 2.31. The molecule has 0 bridgehead atoms. The van der Waals surface area contributed by atoms with Gasteiger partial charge >= 0.3 is 0 Å². The van der Waals surface area contributed by atoms with Gasteiger partial charge in [0, 0.05) is 19.3 Å². The van der Waals surface area contributed by atoms with Gasteiger partial charge in [-0.25, -0.2) is 4.98 Å². The highest BCUT2D eigenvalue weighted by Crippen LogP contribution is 2.22. The summed E-state index contributed by atoms with van der Waals surface area (Å²) in [5.41, 5.74) is 1.79. The molecule has 1 aliphatic heterocycles. The molecule has 0 saturated carbocycles. The maximum Gasteiger partial charge on any atom is 0.242 e. The molecule has 1 unspecified atom stereocenters. The van der Waals surface area contributed by atoms with Crippen molar-refractivity contribution in [1.82, 2.24) is 10.3 Å². The van der Waals surface area contributed by atoms with Crippen LogP contribution >= 0.6 is 0 Å². The molecule has 1 aliphatic rings. The summed E-state index contributed by atoms with van der Waals surface area (Å²) in [5, 5.41) is 12.0. The average Bonchev–Trinajstić information content (AvgIpc) is 2.38. The van der Waals surface area contributed by atoms with Crippen molar-refractivity contribution < 1.29 is 9.90 Å². The van der Waals surface area contributed by atoms with Crippen LogP contribution < -0.4 is 10.2 Å². The number of carbonyl (C=O) groups is 1. The smallest absolute Gasteiger partial charge is 0.242 e. The van der Waals surface area contributed by atoms with Crippen molar-refractivity contribution in [2.24, 2.45) is 0 Å². The lowest BCUT2D eigenvalue weighted by Gasteiger charge is -2.36. The van der Waals surface area contributed by atoms with E-state index in [2.05, 4.69) is 15.2 Å². The first-order valence-electron chi connectivity index (χ1n) is 6.28. The zero-order valence-electron chi connectivity index (χ0n) is 10.8. The molecule has 1 atom stereocenters. The highest BCUT2D eigenvalue weighted by molar-refractivity contribution is 5.86. The van der Waals surface area contributed by atoms with Crippen LogP contribution in [0.2, 0.25) is 0 Å². The number of hydrogen-bond donors (Lipinski definition) is 2. The number of piperazine rings is 1. The van der Waals surface area contributed by atoms with E-state index >= 15 is 0 Å². The van der Waals surface area contributed by atoms with E-state index in [0.29, 0.717) is 6.54 Å². The van der Waals surface area contributed by atoms with Crippen molar-refractivity contribution >= 4 is 11.7 Å². The molecule has 1 aromatic rings. The van der Waals surface area contributed by atoms with Gasteiger partial charge in [0.25, 0.3) is 0 Å². The third-order valence-corrected chi connectivity index (χ3v) is 3.28. The molecule has 5 nitrogen and oxygen atoms in total. The Kier molecular flexibility index (Phi) is 3.81. The second-order valence-electron chi connectivity index (χ2n) is 4.55. The molecule has 0 aliphatic carbocycles. The first-order chi connectivity index (χ1) is 8.67. The fourth-order valence-electron chi connectivity index (χ4n) is 2.39. The Morgan fingerprint density at radius 3 is 3.00 bits per heavy atom. The van der Waals surface area contributed by atoms with Gasteiger partial charge in [0.05, 0.1) is 6.61 Å². The number of aliphatic hydroxyl groups is 1. The van der Waals surface area contributed by atoms with Crippen LogP contribution in [0.4, 0.5) is 5.82 Å². The number of anilines is 1. The van der Waals surface area contributed by atoms with Crippen molar-refractivity contribution in [3.63, 3.8) is 0 Å². The fourth-order valence-corrected chi connectivity index (χ4v) is 2.39. The fraction of sp³-hybridized carbons (Fsp3) is 0.538. The van der Waals surface area contributed by atoms with E-state index < -0.39 is 0 Å². The summed E-state index contributed by atoms with van der Waals surface area (Å²) < 4.78 is 0. The number of amides is 1. The Morgan fingerprint density at radius 2 is 2.39 bits per heavy atom. The summed E-state index contributed by atoms with van der Waals surface area (Å²) in [6.45, 7) is 5.38. The summed E-state index contributed by atoms with van der Waals surface area (Å²) in [6, 6.07) is 1.77. The van der Waals surface area contributed by atoms with Gasteiger partial charge < -0.3 is 15.3 Å². The minimum absolute atomic E-state index is 0.00812. The number of carbonyl (C=O) groups excluding carboxylic acids is 1. The van der Waals surface area contributed by atoms with Gasteiger partial charge in [-0.05, 0) is 30.5 Å². The molecule has 0 radical (unpaired) electrons. The Morgan fingerprint density at radius 1 is 1.61 bits per heavy atom. The molecule has 18 heavy (non-hydrogen) atoms. The number of hydrogen-bond acceptors (Lipinski definition) is 4. The second-order valence-corrected chi connectivity index (χ2v) is 4.55. The van der Waals surface area contributed by atoms with Crippen LogP contribution in [0.3, 0.4) is 0 Å². The average molecular weight is 249 g/mol. The quantitative estimate of drug-likeness (QED) is 0.823. The van der Waals surface area contributed by atoms with Gasteiger partial charge in [0.2, 0.25) is 5.91 Å². The Hall–Kier alpha value is -1.62. The summed E-state index contributed by atoms with van der Waals surface area (Å²) in [6.07, 6.45) is 2.43. The van der Waals surface area contributed by atoms with Gasteiger partial charge in [-0.2, -0.15) is 0 Å². The van der Waals surface area contributed by atoms with Crippen LogP contribution in [0.15, 0.2) is 12.3 Å². The summed E-state index contributed by atoms with van der Waals surface area (Å²) in [7, 11) is 0. The number of pyridine rings is 1. The third-order valence-electron chi connectivity index (χ3n) is 3.28. The lowest BCUT2D eigenvalue weighted by Crippen LogP contribution is -2.55. The topological polar surface area (TPSA) is 65.5 Å². The van der Waals surface area contributed by atoms with Gasteiger partial charge in [-0.15, -0.1) is 0 Å². The summed E-state index contributed by atoms with van der Waals surface area (Å²) in [5.74, 6) is 0.907. The molecule has 5 heteroatoms. The monoisotopic (exact) mass is 249 g/mol. The van der Waals surface area contributed by atoms with Crippen molar-refractivity contribution in [2.75, 3.05) is 18.0 Å². The molecule has 1 fully saturated rings. The SMILES string of the molecule is CCC1C(=O)NCCN1c1ncc(CO)cc1C. The lowest BCUT2D eigenvalue weighted by molar-refractivity contribution is -0.123. The molecule has 2 N–H and O–H groups in total. The molecule has 1 amide bonds. The van der Waals surface area contributed by atoms with Crippen LogP contribution in [0.5, 0.6) is 0 Å². The predicted molar refractivity (Wildman–Crippen MR) is 69.3 cm³/mol. The molecule has 98 valence electrons. The molecule has 1 saturated heterocycles. The molecule has 1 aromatic heterocycles. The van der Waals surface area contributed by atoms with Crippen molar-refractivity contribution in [3.05, 3.63) is 23.4 Å². The van der Waals surface area contributed by atoms with Crippen molar-refractivity contribution in [3.8, 4) is 0 Å². The van der Waals surface area contributed by atoms with Crippen LogP contribution in [-0.2, 0) is 11.4 Å². The van der Waals surface area contributed by atoms with E-state index in [1.165, 1.54) is 0 Å². The minimum Gasteiger partial charge on any atom is -0.392 e. The van der Waals surface area contributed by atoms with Gasteiger partial charge in [0.1, 0.15) is 11.9 Å². The predicted octanol–water partition coefficient (Wildman–Crippen LogP) is 0.597. The highest BCUT2D eigenvalue weighted by Gasteiger charge is 2.29. The number of rotatable bonds is 3. The highest BCUT2D eigenvalue weighted by atomic mass is 16.3. The summed E-state index contributed by atoms with van der Waals surface area (Å²) in [4.78, 5) is 18.3. The molecule has 2 rings (SSSR count). The first-order valence-corrected chi connectivity index (χ1v) is 6.28. The van der Waals surface area contributed by atoms with E-state index in [1.807, 2.05) is 19.9 Å². The number of aliphatic hydroxyl groups excluding tert-OH is 1. The molecule has 0 spiro atoms. The molecule has 2 heterocycles. The van der Waals surface area contributed by atoms with Crippen LogP contribution in [0, 0.1) is 6.92 Å². The number of nitrogens with zero attached hydrogens (tertiary/aromatic N) is 2. The maximum absolute atomic E-state index is 11.8. The van der Waals surface area contributed by atoms with Crippen LogP contribution in [0.25, 0.3) is 0 Å². The standard InChI is InChI=1S/C13H19N3O2/c1-3-11-13(18)14-4-5-16(11)12-9(2)6-10(8-17)7-15-12/h6-7,11,17H,3-5,8H2,1-2H3,(H,14,18). The van der Waals surface area contributed by atoms with Gasteiger partial charge in [0.15, 0.2) is 0 Å². The van der Waals surface area contributed by atoms with E-state index in [1.54, 1.807) is 6.20 Å². The lowest BCUT2D eigenvalue weighted by atomic mass is 10.1. The largest absolute Gasteiger partial charge is 0.392 e. The Balaban J connectivity index is 2.31. The number of aromatic nitrogens is 1. The molecular formula is C13H19N3O2. The minimum atomic E-state index is -0.148. The number of nitrogens with one attached hydrogen (secondary N) is 1. The molecular weight excluding hydrogens is 230 g/mol. The van der Waals surface area contributed by atoms with Crippen molar-refractivity contribution in [2.45, 2.75) is 32.9 Å². The summed E-state index contributed by atoms with van der Waals surface area (Å²) >= 11 is 0. The normalized spacial score (nSPS) is 19.8. The van der Waals surface area contributed by atoms with Crippen LogP contribution in [-0.4, -0.2) is 35.1 Å². The van der Waals surface area contributed by atoms with E-state index in [-0.39, 0.29) is 18.6 Å². The maximum atomic E-state index is 11.8. The Bertz CT molecular complexity index is 448. The number of aryl methyl sites for hydroxylation is 1. The zero-order valence-corrected chi connectivity index (χ0v) is 10.8. The van der Waals surface area contributed by atoms with Crippen molar-refractivity contribution in [1.29, 1.82) is 0 Å². The van der Waals surface area contributed by atoms with Gasteiger partial charge in [-0.1, -0.05) is 6.92 Å². The zero-order chi connectivity index (χ0) is 13.1. The van der Waals surface area contributed by atoms with E-state index in [4.69, 9.17) is 5.11 Å². The first kappa shape index (κ1) is 12.8. The Labute approximate surface area is 107 Å². The second kappa shape index (κ2) is 5.35. The van der Waals surface area contributed by atoms with Gasteiger partial charge in [-0.3, -0.25) is 4.79 Å². The van der Waals surface area contributed by atoms with E-state index in [9.17, 15) is 4.79 Å². The van der Waals surface area contributed by atoms with E-state index in [0.717, 1.165) is 29.9 Å².